The summed E-state index contributed by atoms with van der Waals surface area (Å²) in [7, 11) is 0. The number of benzene rings is 1. The summed E-state index contributed by atoms with van der Waals surface area (Å²) in [6, 6.07) is 4.98. The maximum atomic E-state index is 13.2. The second kappa shape index (κ2) is 6.99. The zero-order valence-electron chi connectivity index (χ0n) is 11.7. The van der Waals surface area contributed by atoms with Crippen molar-refractivity contribution in [3.8, 4) is 0 Å². The summed E-state index contributed by atoms with van der Waals surface area (Å²) < 4.78 is 15.9. The van der Waals surface area contributed by atoms with Gasteiger partial charge in [-0.1, -0.05) is 28.9 Å². The Bertz CT molecular complexity index is 568. The molecule has 0 amide bonds. The molecule has 2 rings (SSSR count). The molecule has 1 N–H and O–H groups in total. The molecule has 108 valence electrons. The first kappa shape index (κ1) is 15.2. The van der Waals surface area contributed by atoms with E-state index < -0.39 is 0 Å². The first-order valence-corrected chi connectivity index (χ1v) is 7.63. The molecule has 3 nitrogen and oxygen atoms in total. The van der Waals surface area contributed by atoms with Gasteiger partial charge >= 0.3 is 0 Å². The average molecular weight is 340 g/mol. The zero-order valence-corrected chi connectivity index (χ0v) is 13.3. The van der Waals surface area contributed by atoms with E-state index in [2.05, 4.69) is 46.4 Å². The van der Waals surface area contributed by atoms with Crippen LogP contribution in [0.4, 0.5) is 4.39 Å². The molecule has 1 aromatic carbocycles. The topological polar surface area (TPSA) is 29.9 Å². The molecule has 0 aliphatic heterocycles. The van der Waals surface area contributed by atoms with Gasteiger partial charge in [0.05, 0.1) is 6.20 Å². The van der Waals surface area contributed by atoms with Crippen molar-refractivity contribution < 1.29 is 4.39 Å². The van der Waals surface area contributed by atoms with Gasteiger partial charge in [-0.05, 0) is 43.1 Å². The van der Waals surface area contributed by atoms with Gasteiger partial charge in [0, 0.05) is 23.3 Å². The standard InChI is InChI=1S/C15H19BrFN3/c1-3-18-15(7-11-9-19-20(4-2)10-11)13-6-5-12(17)8-14(13)16/h5-6,8-10,15,18H,3-4,7H2,1-2H3. The number of hydrogen-bond acceptors (Lipinski definition) is 2. The van der Waals surface area contributed by atoms with Crippen LogP contribution in [0.15, 0.2) is 35.1 Å². The van der Waals surface area contributed by atoms with Crippen molar-refractivity contribution in [3.63, 3.8) is 0 Å². The SMILES string of the molecule is CCNC(Cc1cnn(CC)c1)c1ccc(F)cc1Br. The van der Waals surface area contributed by atoms with Gasteiger partial charge in [-0.3, -0.25) is 4.68 Å². The van der Waals surface area contributed by atoms with Crippen LogP contribution in [0.2, 0.25) is 0 Å². The average Bonchev–Trinajstić information content (AvgIpc) is 2.86. The number of rotatable bonds is 6. The second-order valence-electron chi connectivity index (χ2n) is 4.68. The Labute approximate surface area is 127 Å². The minimum absolute atomic E-state index is 0.143. The maximum absolute atomic E-state index is 13.2. The summed E-state index contributed by atoms with van der Waals surface area (Å²) in [5.41, 5.74) is 2.24. The van der Waals surface area contributed by atoms with Gasteiger partial charge in [0.2, 0.25) is 0 Å². The lowest BCUT2D eigenvalue weighted by atomic mass is 10.0. The van der Waals surface area contributed by atoms with E-state index in [1.165, 1.54) is 17.7 Å². The lowest BCUT2D eigenvalue weighted by Crippen LogP contribution is -2.23. The first-order valence-electron chi connectivity index (χ1n) is 6.83. The molecular weight excluding hydrogens is 321 g/mol. The first-order chi connectivity index (χ1) is 9.63. The summed E-state index contributed by atoms with van der Waals surface area (Å²) in [6.45, 7) is 5.86. The van der Waals surface area contributed by atoms with Crippen LogP contribution in [0, 0.1) is 5.82 Å². The van der Waals surface area contributed by atoms with E-state index >= 15 is 0 Å². The normalized spacial score (nSPS) is 12.6. The molecule has 1 aromatic heterocycles. The van der Waals surface area contributed by atoms with Crippen molar-refractivity contribution in [1.29, 1.82) is 0 Å². The zero-order chi connectivity index (χ0) is 14.5. The van der Waals surface area contributed by atoms with Crippen LogP contribution < -0.4 is 5.32 Å². The molecule has 0 aliphatic rings. The lowest BCUT2D eigenvalue weighted by molar-refractivity contribution is 0.544. The molecule has 0 spiro atoms. The number of aromatic nitrogens is 2. The highest BCUT2D eigenvalue weighted by Gasteiger charge is 2.15. The molecule has 2 aromatic rings. The highest BCUT2D eigenvalue weighted by Crippen LogP contribution is 2.27. The number of nitrogens with zero attached hydrogens (tertiary/aromatic N) is 2. The highest BCUT2D eigenvalue weighted by atomic mass is 79.9. The molecule has 0 radical (unpaired) electrons. The van der Waals surface area contributed by atoms with Crippen LogP contribution in [0.5, 0.6) is 0 Å². The minimum Gasteiger partial charge on any atom is -0.310 e. The molecular formula is C15H19BrFN3. The molecule has 1 unspecified atom stereocenters. The predicted octanol–water partition coefficient (Wildman–Crippen LogP) is 3.70. The fourth-order valence-corrected chi connectivity index (χ4v) is 2.87. The van der Waals surface area contributed by atoms with Crippen molar-refractivity contribution in [2.75, 3.05) is 6.54 Å². The number of hydrogen-bond donors (Lipinski definition) is 1. The summed E-state index contributed by atoms with van der Waals surface area (Å²) in [4.78, 5) is 0. The fourth-order valence-electron chi connectivity index (χ4n) is 2.24. The van der Waals surface area contributed by atoms with Gasteiger partial charge in [-0.25, -0.2) is 4.39 Å². The monoisotopic (exact) mass is 339 g/mol. The third-order valence-corrected chi connectivity index (χ3v) is 3.93. The molecule has 0 saturated carbocycles. The summed E-state index contributed by atoms with van der Waals surface area (Å²) in [6.07, 6.45) is 4.78. The van der Waals surface area contributed by atoms with Crippen molar-refractivity contribution in [2.45, 2.75) is 32.9 Å². The number of halogens is 2. The van der Waals surface area contributed by atoms with Gasteiger partial charge < -0.3 is 5.32 Å². The third-order valence-electron chi connectivity index (χ3n) is 3.24. The summed E-state index contributed by atoms with van der Waals surface area (Å²) in [5.74, 6) is -0.227. The van der Waals surface area contributed by atoms with Crippen LogP contribution in [0.3, 0.4) is 0 Å². The predicted molar refractivity (Wildman–Crippen MR) is 82.1 cm³/mol. The van der Waals surface area contributed by atoms with Gasteiger partial charge in [0.25, 0.3) is 0 Å². The number of nitrogens with one attached hydrogen (secondary N) is 1. The molecule has 5 heteroatoms. The Morgan fingerprint density at radius 2 is 2.20 bits per heavy atom. The Kier molecular flexibility index (Phi) is 5.31. The highest BCUT2D eigenvalue weighted by molar-refractivity contribution is 9.10. The largest absolute Gasteiger partial charge is 0.310 e. The second-order valence-corrected chi connectivity index (χ2v) is 5.54. The molecule has 20 heavy (non-hydrogen) atoms. The van der Waals surface area contributed by atoms with Gasteiger partial charge in [0.1, 0.15) is 5.82 Å². The van der Waals surface area contributed by atoms with Crippen molar-refractivity contribution in [3.05, 3.63) is 52.0 Å². The van der Waals surface area contributed by atoms with Crippen LogP contribution in [0.25, 0.3) is 0 Å². The molecule has 0 aliphatic carbocycles. The fraction of sp³-hybridized carbons (Fsp3) is 0.400. The summed E-state index contributed by atoms with van der Waals surface area (Å²) in [5, 5.41) is 7.74. The molecule has 0 fully saturated rings. The smallest absolute Gasteiger partial charge is 0.124 e. The van der Waals surface area contributed by atoms with Crippen molar-refractivity contribution in [2.24, 2.45) is 0 Å². The Hall–Kier alpha value is -1.20. The van der Waals surface area contributed by atoms with Gasteiger partial charge in [0.15, 0.2) is 0 Å². The van der Waals surface area contributed by atoms with E-state index in [9.17, 15) is 4.39 Å². The van der Waals surface area contributed by atoms with Crippen molar-refractivity contribution >= 4 is 15.9 Å². The Balaban J connectivity index is 2.21. The van der Waals surface area contributed by atoms with E-state index in [1.807, 2.05) is 16.9 Å². The van der Waals surface area contributed by atoms with Crippen LogP contribution >= 0.6 is 15.9 Å². The molecule has 1 heterocycles. The van der Waals surface area contributed by atoms with E-state index in [0.29, 0.717) is 0 Å². The minimum atomic E-state index is -0.227. The van der Waals surface area contributed by atoms with E-state index in [0.717, 1.165) is 29.5 Å². The number of aryl methyl sites for hydroxylation is 1. The van der Waals surface area contributed by atoms with Crippen LogP contribution in [-0.4, -0.2) is 16.3 Å². The lowest BCUT2D eigenvalue weighted by Gasteiger charge is -2.19. The Morgan fingerprint density at radius 3 is 2.80 bits per heavy atom. The Morgan fingerprint density at radius 1 is 1.40 bits per heavy atom. The molecule has 0 bridgehead atoms. The van der Waals surface area contributed by atoms with Gasteiger partial charge in [-0.2, -0.15) is 5.10 Å². The van der Waals surface area contributed by atoms with E-state index in [1.54, 1.807) is 0 Å². The van der Waals surface area contributed by atoms with E-state index in [-0.39, 0.29) is 11.9 Å². The molecule has 1 atom stereocenters. The summed E-state index contributed by atoms with van der Waals surface area (Å²) >= 11 is 3.45. The van der Waals surface area contributed by atoms with Crippen LogP contribution in [0.1, 0.15) is 31.0 Å². The van der Waals surface area contributed by atoms with Gasteiger partial charge in [-0.15, -0.1) is 0 Å². The quantitative estimate of drug-likeness (QED) is 0.869. The van der Waals surface area contributed by atoms with Crippen LogP contribution in [-0.2, 0) is 13.0 Å². The molecule has 0 saturated heterocycles. The maximum Gasteiger partial charge on any atom is 0.124 e. The third kappa shape index (κ3) is 3.67. The van der Waals surface area contributed by atoms with E-state index in [4.69, 9.17) is 0 Å². The number of likely N-dealkylation sites (N-methyl/N-ethyl adjacent to an activating group) is 1. The van der Waals surface area contributed by atoms with Crippen molar-refractivity contribution in [1.82, 2.24) is 15.1 Å².